The molecule has 5 nitrogen and oxygen atoms in total. The number of hydrogen-bond donors (Lipinski definition) is 1. The van der Waals surface area contributed by atoms with Gasteiger partial charge in [0, 0.05) is 18.8 Å². The quantitative estimate of drug-likeness (QED) is 0.894. The summed E-state index contributed by atoms with van der Waals surface area (Å²) in [5.74, 6) is -0.924. The van der Waals surface area contributed by atoms with Crippen LogP contribution >= 0.6 is 0 Å². The second-order valence-electron chi connectivity index (χ2n) is 6.06. The first kappa shape index (κ1) is 17.9. The van der Waals surface area contributed by atoms with E-state index >= 15 is 0 Å². The molecule has 0 aromatic heterocycles. The molecule has 128 valence electrons. The summed E-state index contributed by atoms with van der Waals surface area (Å²) in [6.45, 7) is 5.72. The summed E-state index contributed by atoms with van der Waals surface area (Å²) in [7, 11) is -3.34. The van der Waals surface area contributed by atoms with Crippen LogP contribution in [0.3, 0.4) is 0 Å². The smallest absolute Gasteiger partial charge is 0.228 e. The fourth-order valence-corrected chi connectivity index (χ4v) is 4.28. The first-order valence-electron chi connectivity index (χ1n) is 7.81. The lowest BCUT2D eigenvalue weighted by atomic mass is 10.1. The average Bonchev–Trinajstić information content (AvgIpc) is 3.00. The maximum absolute atomic E-state index is 13.2. The third kappa shape index (κ3) is 3.90. The molecular weight excluding hydrogens is 319 g/mol. The van der Waals surface area contributed by atoms with Crippen LogP contribution < -0.4 is 5.32 Å². The van der Waals surface area contributed by atoms with Gasteiger partial charge in [-0.15, -0.1) is 0 Å². The maximum atomic E-state index is 13.2. The van der Waals surface area contributed by atoms with Crippen molar-refractivity contribution in [2.45, 2.75) is 38.9 Å². The molecule has 1 aliphatic heterocycles. The van der Waals surface area contributed by atoms with Crippen LogP contribution in [-0.2, 0) is 14.8 Å². The van der Waals surface area contributed by atoms with Crippen molar-refractivity contribution in [3.05, 3.63) is 29.6 Å². The third-order valence-electron chi connectivity index (χ3n) is 4.39. The molecule has 0 aliphatic carbocycles. The summed E-state index contributed by atoms with van der Waals surface area (Å²) in [5, 5.41) is 2.30. The van der Waals surface area contributed by atoms with Crippen molar-refractivity contribution in [1.82, 2.24) is 4.31 Å². The molecule has 1 aliphatic rings. The Morgan fingerprint density at radius 1 is 1.48 bits per heavy atom. The molecule has 1 saturated heterocycles. The van der Waals surface area contributed by atoms with Crippen LogP contribution in [0.2, 0.25) is 0 Å². The molecule has 1 N–H and O–H groups in total. The maximum Gasteiger partial charge on any atom is 0.228 e. The lowest BCUT2D eigenvalue weighted by molar-refractivity contribution is -0.119. The van der Waals surface area contributed by atoms with E-state index in [9.17, 15) is 17.6 Å². The number of amides is 1. The van der Waals surface area contributed by atoms with Crippen molar-refractivity contribution < 1.29 is 17.6 Å². The highest BCUT2D eigenvalue weighted by Crippen LogP contribution is 2.24. The molecular formula is C16H23FN2O3S. The van der Waals surface area contributed by atoms with Gasteiger partial charge in [-0.05, 0) is 50.5 Å². The number of halogens is 1. The van der Waals surface area contributed by atoms with Gasteiger partial charge < -0.3 is 5.32 Å². The number of nitrogens with zero attached hydrogens (tertiary/aromatic N) is 1. The largest absolute Gasteiger partial charge is 0.326 e. The van der Waals surface area contributed by atoms with E-state index in [1.54, 1.807) is 19.9 Å². The Morgan fingerprint density at radius 3 is 2.78 bits per heavy atom. The molecule has 1 aromatic rings. The summed E-state index contributed by atoms with van der Waals surface area (Å²) in [5.41, 5.74) is 0.979. The Hall–Kier alpha value is -1.47. The van der Waals surface area contributed by atoms with E-state index in [4.69, 9.17) is 0 Å². The van der Waals surface area contributed by atoms with Crippen molar-refractivity contribution >= 4 is 21.6 Å². The van der Waals surface area contributed by atoms with Gasteiger partial charge in [-0.1, -0.05) is 6.92 Å². The summed E-state index contributed by atoms with van der Waals surface area (Å²) in [4.78, 5) is 12.3. The fourth-order valence-electron chi connectivity index (χ4n) is 2.61. The summed E-state index contributed by atoms with van der Waals surface area (Å²) in [6.07, 6.45) is 1.05. The zero-order valence-corrected chi connectivity index (χ0v) is 14.5. The number of carbonyl (C=O) groups is 1. The molecule has 0 spiro atoms. The van der Waals surface area contributed by atoms with Crippen molar-refractivity contribution in [3.63, 3.8) is 0 Å². The van der Waals surface area contributed by atoms with E-state index in [1.165, 1.54) is 16.4 Å². The van der Waals surface area contributed by atoms with Gasteiger partial charge in [0.1, 0.15) is 5.82 Å². The second kappa shape index (κ2) is 6.97. The Balaban J connectivity index is 2.01. The van der Waals surface area contributed by atoms with Gasteiger partial charge in [0.05, 0.1) is 11.2 Å². The minimum absolute atomic E-state index is 0.207. The van der Waals surface area contributed by atoms with Crippen LogP contribution in [0.15, 0.2) is 18.2 Å². The predicted molar refractivity (Wildman–Crippen MR) is 88.1 cm³/mol. The van der Waals surface area contributed by atoms with E-state index in [-0.39, 0.29) is 24.2 Å². The average molecular weight is 342 g/mol. The first-order valence-corrected chi connectivity index (χ1v) is 9.32. The highest BCUT2D eigenvalue weighted by Gasteiger charge is 2.37. The Labute approximate surface area is 136 Å². The SMILES string of the molecule is CCC(C)S(=O)(=O)N1CCC(C(=O)Nc2ccc(F)c(C)c2)C1. The first-order chi connectivity index (χ1) is 10.8. The monoisotopic (exact) mass is 342 g/mol. The number of hydrogen-bond acceptors (Lipinski definition) is 3. The van der Waals surface area contributed by atoms with Crippen LogP contribution in [-0.4, -0.2) is 37.0 Å². The number of rotatable bonds is 5. The number of aryl methyl sites for hydroxylation is 1. The standard InChI is InChI=1S/C16H23FN2O3S/c1-4-12(3)23(21,22)19-8-7-13(10-19)16(20)18-14-5-6-15(17)11(2)9-14/h5-6,9,12-13H,4,7-8,10H2,1-3H3,(H,18,20). The lowest BCUT2D eigenvalue weighted by Gasteiger charge is -2.20. The Kier molecular flexibility index (Phi) is 5.41. The van der Waals surface area contributed by atoms with Crippen LogP contribution in [0, 0.1) is 18.7 Å². The van der Waals surface area contributed by atoms with E-state index in [0.29, 0.717) is 30.6 Å². The summed E-state index contributed by atoms with van der Waals surface area (Å²) in [6, 6.07) is 4.37. The zero-order valence-electron chi connectivity index (χ0n) is 13.7. The molecule has 1 heterocycles. The number of benzene rings is 1. The number of anilines is 1. The van der Waals surface area contributed by atoms with Gasteiger partial charge in [-0.3, -0.25) is 4.79 Å². The van der Waals surface area contributed by atoms with E-state index in [0.717, 1.165) is 0 Å². The molecule has 2 atom stereocenters. The van der Waals surface area contributed by atoms with Crippen LogP contribution in [0.4, 0.5) is 10.1 Å². The summed E-state index contributed by atoms with van der Waals surface area (Å²) < 4.78 is 39.3. The highest BCUT2D eigenvalue weighted by atomic mass is 32.2. The van der Waals surface area contributed by atoms with E-state index < -0.39 is 15.3 Å². The Morgan fingerprint density at radius 2 is 2.17 bits per heavy atom. The van der Waals surface area contributed by atoms with E-state index in [1.807, 2.05) is 6.92 Å². The number of sulfonamides is 1. The molecule has 2 rings (SSSR count). The molecule has 7 heteroatoms. The molecule has 1 fully saturated rings. The van der Waals surface area contributed by atoms with Gasteiger partial charge >= 0.3 is 0 Å². The number of nitrogens with one attached hydrogen (secondary N) is 1. The molecule has 0 radical (unpaired) electrons. The highest BCUT2D eigenvalue weighted by molar-refractivity contribution is 7.89. The van der Waals surface area contributed by atoms with Crippen LogP contribution in [0.25, 0.3) is 0 Å². The van der Waals surface area contributed by atoms with E-state index in [2.05, 4.69) is 5.32 Å². The molecule has 2 unspecified atom stereocenters. The van der Waals surface area contributed by atoms with Crippen LogP contribution in [0.1, 0.15) is 32.3 Å². The Bertz CT molecular complexity index is 691. The van der Waals surface area contributed by atoms with Gasteiger partial charge in [0.15, 0.2) is 0 Å². The minimum atomic E-state index is -3.34. The van der Waals surface area contributed by atoms with Crippen molar-refractivity contribution in [3.8, 4) is 0 Å². The fraction of sp³-hybridized carbons (Fsp3) is 0.562. The molecule has 0 bridgehead atoms. The second-order valence-corrected chi connectivity index (χ2v) is 8.41. The molecule has 1 aromatic carbocycles. The molecule has 23 heavy (non-hydrogen) atoms. The molecule has 0 saturated carbocycles. The summed E-state index contributed by atoms with van der Waals surface area (Å²) >= 11 is 0. The molecule has 1 amide bonds. The van der Waals surface area contributed by atoms with Crippen molar-refractivity contribution in [2.24, 2.45) is 5.92 Å². The van der Waals surface area contributed by atoms with Crippen molar-refractivity contribution in [1.29, 1.82) is 0 Å². The van der Waals surface area contributed by atoms with Gasteiger partial charge in [-0.25, -0.2) is 17.1 Å². The lowest BCUT2D eigenvalue weighted by Crippen LogP contribution is -2.36. The minimum Gasteiger partial charge on any atom is -0.326 e. The van der Waals surface area contributed by atoms with Crippen LogP contribution in [0.5, 0.6) is 0 Å². The zero-order chi connectivity index (χ0) is 17.2. The normalized spacial score (nSPS) is 20.4. The van der Waals surface area contributed by atoms with Crippen molar-refractivity contribution in [2.75, 3.05) is 18.4 Å². The van der Waals surface area contributed by atoms with Gasteiger partial charge in [-0.2, -0.15) is 0 Å². The van der Waals surface area contributed by atoms with Gasteiger partial charge in [0.25, 0.3) is 0 Å². The number of carbonyl (C=O) groups excluding carboxylic acids is 1. The van der Waals surface area contributed by atoms with Gasteiger partial charge in [0.2, 0.25) is 15.9 Å². The predicted octanol–water partition coefficient (Wildman–Crippen LogP) is 2.52. The topological polar surface area (TPSA) is 66.5 Å². The third-order valence-corrected chi connectivity index (χ3v) is 6.79.